The molecule has 1 rings (SSSR count). The molecule has 1 aromatic rings. The van der Waals surface area contributed by atoms with Crippen molar-refractivity contribution >= 4 is 5.91 Å². The first-order chi connectivity index (χ1) is 6.79. The molecule has 0 saturated carbocycles. The number of benzene rings is 1. The van der Waals surface area contributed by atoms with Gasteiger partial charge >= 0.3 is 0 Å². The van der Waals surface area contributed by atoms with Crippen molar-refractivity contribution in [1.29, 1.82) is 0 Å². The van der Waals surface area contributed by atoms with Crippen molar-refractivity contribution in [2.24, 2.45) is 0 Å². The quantitative estimate of drug-likeness (QED) is 0.566. The van der Waals surface area contributed by atoms with E-state index in [0.29, 0.717) is 17.9 Å². The third-order valence-corrected chi connectivity index (χ3v) is 1.69. The SMILES string of the molecule is CCCOc1ccccc1C(=O)NO. The highest BCUT2D eigenvalue weighted by Crippen LogP contribution is 2.17. The molecule has 0 unspecified atom stereocenters. The molecule has 0 aliphatic carbocycles. The lowest BCUT2D eigenvalue weighted by Gasteiger charge is -2.08. The molecule has 0 heterocycles. The molecule has 1 amide bonds. The minimum Gasteiger partial charge on any atom is -0.493 e. The van der Waals surface area contributed by atoms with Crippen molar-refractivity contribution in [3.63, 3.8) is 0 Å². The summed E-state index contributed by atoms with van der Waals surface area (Å²) in [5.41, 5.74) is 1.92. The summed E-state index contributed by atoms with van der Waals surface area (Å²) >= 11 is 0. The highest BCUT2D eigenvalue weighted by Gasteiger charge is 2.09. The summed E-state index contributed by atoms with van der Waals surface area (Å²) in [5.74, 6) is -0.0717. The van der Waals surface area contributed by atoms with Gasteiger partial charge in [-0.15, -0.1) is 0 Å². The van der Waals surface area contributed by atoms with Gasteiger partial charge in [0.2, 0.25) is 0 Å². The van der Waals surface area contributed by atoms with Gasteiger partial charge in [-0.05, 0) is 18.6 Å². The van der Waals surface area contributed by atoms with Gasteiger partial charge in [0.05, 0.1) is 12.2 Å². The Bertz CT molecular complexity index is 312. The van der Waals surface area contributed by atoms with Crippen LogP contribution < -0.4 is 10.2 Å². The summed E-state index contributed by atoms with van der Waals surface area (Å²) < 4.78 is 5.34. The number of hydrogen-bond acceptors (Lipinski definition) is 3. The lowest BCUT2D eigenvalue weighted by molar-refractivity contribution is 0.0702. The van der Waals surface area contributed by atoms with Crippen molar-refractivity contribution in [2.75, 3.05) is 6.61 Å². The monoisotopic (exact) mass is 195 g/mol. The van der Waals surface area contributed by atoms with Crippen LogP contribution in [-0.2, 0) is 0 Å². The van der Waals surface area contributed by atoms with Crippen molar-refractivity contribution < 1.29 is 14.7 Å². The molecule has 1 aromatic carbocycles. The molecule has 0 radical (unpaired) electrons. The molecule has 0 spiro atoms. The second-order valence-electron chi connectivity index (χ2n) is 2.79. The Balaban J connectivity index is 2.85. The molecule has 4 heteroatoms. The summed E-state index contributed by atoms with van der Waals surface area (Å²) in [6.07, 6.45) is 0.870. The van der Waals surface area contributed by atoms with Gasteiger partial charge in [-0.25, -0.2) is 5.48 Å². The van der Waals surface area contributed by atoms with Crippen LogP contribution in [0.1, 0.15) is 23.7 Å². The Morgan fingerprint density at radius 1 is 1.50 bits per heavy atom. The van der Waals surface area contributed by atoms with Gasteiger partial charge in [0.15, 0.2) is 0 Å². The third-order valence-electron chi connectivity index (χ3n) is 1.69. The van der Waals surface area contributed by atoms with E-state index in [2.05, 4.69) is 0 Å². The van der Waals surface area contributed by atoms with Crippen LogP contribution in [-0.4, -0.2) is 17.7 Å². The minimum atomic E-state index is -0.559. The van der Waals surface area contributed by atoms with E-state index >= 15 is 0 Å². The van der Waals surface area contributed by atoms with Crippen molar-refractivity contribution in [2.45, 2.75) is 13.3 Å². The zero-order valence-electron chi connectivity index (χ0n) is 7.99. The number of carbonyl (C=O) groups is 1. The topological polar surface area (TPSA) is 58.6 Å². The first kappa shape index (κ1) is 10.5. The van der Waals surface area contributed by atoms with Gasteiger partial charge in [-0.3, -0.25) is 10.0 Å². The summed E-state index contributed by atoms with van der Waals surface area (Å²) in [5, 5.41) is 8.48. The molecule has 0 aliphatic heterocycles. The largest absolute Gasteiger partial charge is 0.493 e. The van der Waals surface area contributed by atoms with E-state index in [1.165, 1.54) is 0 Å². The fourth-order valence-electron chi connectivity index (χ4n) is 1.05. The minimum absolute atomic E-state index is 0.337. The molecule has 0 atom stereocenters. The lowest BCUT2D eigenvalue weighted by atomic mass is 10.2. The maximum Gasteiger partial charge on any atom is 0.278 e. The van der Waals surface area contributed by atoms with Gasteiger partial charge in [-0.1, -0.05) is 19.1 Å². The Labute approximate surface area is 82.5 Å². The van der Waals surface area contributed by atoms with E-state index in [1.54, 1.807) is 29.7 Å². The molecule has 14 heavy (non-hydrogen) atoms. The number of ether oxygens (including phenoxy) is 1. The molecule has 0 aliphatic rings. The second-order valence-corrected chi connectivity index (χ2v) is 2.79. The molecular formula is C10H13NO3. The van der Waals surface area contributed by atoms with Gasteiger partial charge in [-0.2, -0.15) is 0 Å². The molecule has 76 valence electrons. The summed E-state index contributed by atoms with van der Waals surface area (Å²) in [6, 6.07) is 6.78. The fourth-order valence-corrected chi connectivity index (χ4v) is 1.05. The highest BCUT2D eigenvalue weighted by molar-refractivity contribution is 5.96. The van der Waals surface area contributed by atoms with Gasteiger partial charge in [0.1, 0.15) is 5.75 Å². The van der Waals surface area contributed by atoms with Crippen molar-refractivity contribution in [1.82, 2.24) is 5.48 Å². The molecule has 0 saturated heterocycles. The normalized spacial score (nSPS) is 9.57. The van der Waals surface area contributed by atoms with Gasteiger partial charge in [0, 0.05) is 0 Å². The maximum absolute atomic E-state index is 11.2. The van der Waals surface area contributed by atoms with Crippen LogP contribution in [0.25, 0.3) is 0 Å². The number of carbonyl (C=O) groups excluding carboxylic acids is 1. The smallest absolute Gasteiger partial charge is 0.278 e. The number of nitrogens with one attached hydrogen (secondary N) is 1. The average Bonchev–Trinajstić information content (AvgIpc) is 2.25. The number of hydroxylamine groups is 1. The molecule has 0 aromatic heterocycles. The summed E-state index contributed by atoms with van der Waals surface area (Å²) in [6.45, 7) is 2.53. The summed E-state index contributed by atoms with van der Waals surface area (Å²) in [4.78, 5) is 11.2. The fraction of sp³-hybridized carbons (Fsp3) is 0.300. The first-order valence-electron chi connectivity index (χ1n) is 4.45. The van der Waals surface area contributed by atoms with E-state index in [4.69, 9.17) is 9.94 Å². The molecular weight excluding hydrogens is 182 g/mol. The molecule has 4 nitrogen and oxygen atoms in total. The predicted molar refractivity (Wildman–Crippen MR) is 51.5 cm³/mol. The Morgan fingerprint density at radius 3 is 2.86 bits per heavy atom. The molecule has 0 bridgehead atoms. The first-order valence-corrected chi connectivity index (χ1v) is 4.45. The van der Waals surface area contributed by atoms with Crippen LogP contribution in [0.5, 0.6) is 5.75 Å². The van der Waals surface area contributed by atoms with Gasteiger partial charge in [0.25, 0.3) is 5.91 Å². The van der Waals surface area contributed by atoms with Crippen LogP contribution in [0.3, 0.4) is 0 Å². The van der Waals surface area contributed by atoms with E-state index in [-0.39, 0.29) is 0 Å². The lowest BCUT2D eigenvalue weighted by Crippen LogP contribution is -2.19. The van der Waals surface area contributed by atoms with Crippen LogP contribution >= 0.6 is 0 Å². The van der Waals surface area contributed by atoms with Crippen LogP contribution in [0, 0.1) is 0 Å². The standard InChI is InChI=1S/C10H13NO3/c1-2-7-14-9-6-4-3-5-8(9)10(12)11-13/h3-6,13H,2,7H2,1H3,(H,11,12). The predicted octanol–water partition coefficient (Wildman–Crippen LogP) is 1.59. The second kappa shape index (κ2) is 5.24. The van der Waals surface area contributed by atoms with Crippen LogP contribution in [0.2, 0.25) is 0 Å². The Morgan fingerprint density at radius 2 is 2.21 bits per heavy atom. The van der Waals surface area contributed by atoms with Crippen molar-refractivity contribution in [3.8, 4) is 5.75 Å². The number of rotatable bonds is 4. The molecule has 2 N–H and O–H groups in total. The Hall–Kier alpha value is -1.55. The van der Waals surface area contributed by atoms with Crippen LogP contribution in [0.4, 0.5) is 0 Å². The third kappa shape index (κ3) is 2.47. The zero-order valence-corrected chi connectivity index (χ0v) is 7.99. The van der Waals surface area contributed by atoms with E-state index in [9.17, 15) is 4.79 Å². The van der Waals surface area contributed by atoms with E-state index in [0.717, 1.165) is 6.42 Å². The maximum atomic E-state index is 11.2. The van der Waals surface area contributed by atoms with Crippen molar-refractivity contribution in [3.05, 3.63) is 29.8 Å². The average molecular weight is 195 g/mol. The number of amides is 1. The highest BCUT2D eigenvalue weighted by atomic mass is 16.5. The number of hydrogen-bond donors (Lipinski definition) is 2. The molecule has 0 fully saturated rings. The zero-order chi connectivity index (χ0) is 10.4. The van der Waals surface area contributed by atoms with E-state index in [1.807, 2.05) is 6.92 Å². The van der Waals surface area contributed by atoms with Gasteiger partial charge < -0.3 is 4.74 Å². The van der Waals surface area contributed by atoms with E-state index < -0.39 is 5.91 Å². The number of para-hydroxylation sites is 1. The Kier molecular flexibility index (Phi) is 3.94. The summed E-state index contributed by atoms with van der Waals surface area (Å²) in [7, 11) is 0. The van der Waals surface area contributed by atoms with Crippen LogP contribution in [0.15, 0.2) is 24.3 Å².